The molecule has 7 nitrogen and oxygen atoms in total. The van der Waals surface area contributed by atoms with E-state index in [1.165, 1.54) is 0 Å². The molecule has 130 valence electrons. The lowest BCUT2D eigenvalue weighted by Crippen LogP contribution is -2.47. The Bertz CT molecular complexity index is 594. The van der Waals surface area contributed by atoms with Gasteiger partial charge in [-0.15, -0.1) is 0 Å². The lowest BCUT2D eigenvalue weighted by Gasteiger charge is -2.21. The summed E-state index contributed by atoms with van der Waals surface area (Å²) >= 11 is 0. The summed E-state index contributed by atoms with van der Waals surface area (Å²) in [5.74, 6) is -1.63. The molecule has 0 radical (unpaired) electrons. The molecule has 0 saturated carbocycles. The van der Waals surface area contributed by atoms with Gasteiger partial charge in [0, 0.05) is 5.92 Å². The van der Waals surface area contributed by atoms with Crippen molar-refractivity contribution >= 4 is 17.7 Å². The average molecular weight is 333 g/mol. The van der Waals surface area contributed by atoms with E-state index in [4.69, 9.17) is 4.74 Å². The highest BCUT2D eigenvalue weighted by molar-refractivity contribution is 6.37. The van der Waals surface area contributed by atoms with Crippen molar-refractivity contribution in [3.63, 3.8) is 0 Å². The molecule has 1 fully saturated rings. The maximum absolute atomic E-state index is 12.0. The quantitative estimate of drug-likeness (QED) is 0.698. The van der Waals surface area contributed by atoms with Crippen LogP contribution in [0.2, 0.25) is 0 Å². The molecular formula is C17H23N3O4. The first kappa shape index (κ1) is 17.9. The third kappa shape index (κ3) is 4.79. The van der Waals surface area contributed by atoms with Gasteiger partial charge < -0.3 is 15.4 Å². The summed E-state index contributed by atoms with van der Waals surface area (Å²) in [7, 11) is 1.57. The zero-order valence-corrected chi connectivity index (χ0v) is 13.9. The molecular weight excluding hydrogens is 310 g/mol. The fourth-order valence-corrected chi connectivity index (χ4v) is 2.59. The van der Waals surface area contributed by atoms with Crippen molar-refractivity contribution in [3.8, 4) is 5.75 Å². The zero-order chi connectivity index (χ0) is 17.5. The van der Waals surface area contributed by atoms with E-state index in [0.717, 1.165) is 18.7 Å². The van der Waals surface area contributed by atoms with E-state index in [0.29, 0.717) is 18.6 Å². The summed E-state index contributed by atoms with van der Waals surface area (Å²) in [5, 5.41) is 7.92. The van der Waals surface area contributed by atoms with Crippen LogP contribution in [-0.2, 0) is 14.4 Å². The van der Waals surface area contributed by atoms with Crippen molar-refractivity contribution in [2.24, 2.45) is 5.92 Å². The van der Waals surface area contributed by atoms with E-state index < -0.39 is 11.8 Å². The predicted octanol–water partition coefficient (Wildman–Crippen LogP) is 0.515. The SMILES string of the molecule is COc1ccc(C(C)NC(=O)C(=O)NC(=O)C2CCNCC2)cc1. The lowest BCUT2D eigenvalue weighted by atomic mass is 9.97. The van der Waals surface area contributed by atoms with Crippen LogP contribution in [0.15, 0.2) is 24.3 Å². The van der Waals surface area contributed by atoms with Gasteiger partial charge >= 0.3 is 11.8 Å². The number of imide groups is 1. The molecule has 3 N–H and O–H groups in total. The van der Waals surface area contributed by atoms with Gasteiger partial charge in [0.25, 0.3) is 0 Å². The molecule has 1 aliphatic heterocycles. The second kappa shape index (κ2) is 8.44. The summed E-state index contributed by atoms with van der Waals surface area (Å²) in [4.78, 5) is 35.8. The van der Waals surface area contributed by atoms with E-state index >= 15 is 0 Å². The van der Waals surface area contributed by atoms with Gasteiger partial charge in [0.1, 0.15) is 5.75 Å². The van der Waals surface area contributed by atoms with Crippen LogP contribution in [0.1, 0.15) is 31.4 Å². The molecule has 1 atom stereocenters. The number of hydrogen-bond donors (Lipinski definition) is 3. The summed E-state index contributed by atoms with van der Waals surface area (Å²) in [6.07, 6.45) is 1.34. The maximum atomic E-state index is 12.0. The molecule has 0 spiro atoms. The Morgan fingerprint density at radius 1 is 1.12 bits per heavy atom. The Labute approximate surface area is 141 Å². The Kier molecular flexibility index (Phi) is 6.31. The van der Waals surface area contributed by atoms with Gasteiger partial charge in [0.15, 0.2) is 0 Å². The Morgan fingerprint density at radius 3 is 2.33 bits per heavy atom. The van der Waals surface area contributed by atoms with Crippen LogP contribution in [-0.4, -0.2) is 37.9 Å². The zero-order valence-electron chi connectivity index (χ0n) is 13.9. The number of carbonyl (C=O) groups excluding carboxylic acids is 3. The van der Waals surface area contributed by atoms with E-state index in [9.17, 15) is 14.4 Å². The van der Waals surface area contributed by atoms with Crippen LogP contribution in [0.5, 0.6) is 5.75 Å². The first-order valence-electron chi connectivity index (χ1n) is 8.01. The molecule has 0 bridgehead atoms. The van der Waals surface area contributed by atoms with Crippen molar-refractivity contribution < 1.29 is 19.1 Å². The molecule has 1 aromatic carbocycles. The Morgan fingerprint density at radius 2 is 1.75 bits per heavy atom. The fourth-order valence-electron chi connectivity index (χ4n) is 2.59. The van der Waals surface area contributed by atoms with Gasteiger partial charge in [0.05, 0.1) is 13.2 Å². The molecule has 1 aromatic rings. The highest BCUT2D eigenvalue weighted by Crippen LogP contribution is 2.17. The Hall–Kier alpha value is -2.41. The van der Waals surface area contributed by atoms with Crippen molar-refractivity contribution in [2.75, 3.05) is 20.2 Å². The van der Waals surface area contributed by atoms with Gasteiger partial charge in [-0.2, -0.15) is 0 Å². The minimum Gasteiger partial charge on any atom is -0.497 e. The normalized spacial score (nSPS) is 16.1. The van der Waals surface area contributed by atoms with Crippen LogP contribution in [0.3, 0.4) is 0 Å². The van der Waals surface area contributed by atoms with Crippen LogP contribution in [0, 0.1) is 5.92 Å². The highest BCUT2D eigenvalue weighted by atomic mass is 16.5. The monoisotopic (exact) mass is 333 g/mol. The van der Waals surface area contributed by atoms with Gasteiger partial charge in [-0.25, -0.2) is 0 Å². The molecule has 1 aliphatic rings. The lowest BCUT2D eigenvalue weighted by molar-refractivity contribution is -0.143. The molecule has 2 rings (SSSR count). The number of carbonyl (C=O) groups is 3. The minimum absolute atomic E-state index is 0.220. The largest absolute Gasteiger partial charge is 0.497 e. The molecule has 24 heavy (non-hydrogen) atoms. The first-order chi connectivity index (χ1) is 11.5. The van der Waals surface area contributed by atoms with Crippen LogP contribution in [0.25, 0.3) is 0 Å². The van der Waals surface area contributed by atoms with E-state index in [-0.39, 0.29) is 17.9 Å². The molecule has 1 heterocycles. The van der Waals surface area contributed by atoms with Crippen molar-refractivity contribution in [3.05, 3.63) is 29.8 Å². The number of nitrogens with one attached hydrogen (secondary N) is 3. The topological polar surface area (TPSA) is 96.5 Å². The van der Waals surface area contributed by atoms with E-state index in [1.807, 2.05) is 12.1 Å². The second-order valence-electron chi connectivity index (χ2n) is 5.81. The number of hydrogen-bond acceptors (Lipinski definition) is 5. The Balaban J connectivity index is 1.85. The van der Waals surface area contributed by atoms with Crippen molar-refractivity contribution in [1.82, 2.24) is 16.0 Å². The number of amides is 3. The van der Waals surface area contributed by atoms with E-state index in [1.54, 1.807) is 26.2 Å². The van der Waals surface area contributed by atoms with Crippen LogP contribution >= 0.6 is 0 Å². The second-order valence-corrected chi connectivity index (χ2v) is 5.81. The first-order valence-corrected chi connectivity index (χ1v) is 8.01. The number of rotatable bonds is 4. The van der Waals surface area contributed by atoms with Gasteiger partial charge in [-0.3, -0.25) is 19.7 Å². The minimum atomic E-state index is -0.918. The van der Waals surface area contributed by atoms with Gasteiger partial charge in [0.2, 0.25) is 5.91 Å². The fraction of sp³-hybridized carbons (Fsp3) is 0.471. The number of methoxy groups -OCH3 is 1. The third-order valence-corrected chi connectivity index (χ3v) is 4.12. The summed E-state index contributed by atoms with van der Waals surface area (Å²) in [6.45, 7) is 3.25. The molecule has 0 aromatic heterocycles. The van der Waals surface area contributed by atoms with Crippen molar-refractivity contribution in [2.45, 2.75) is 25.8 Å². The number of ether oxygens (including phenoxy) is 1. The highest BCUT2D eigenvalue weighted by Gasteiger charge is 2.25. The maximum Gasteiger partial charge on any atom is 0.315 e. The number of benzene rings is 1. The van der Waals surface area contributed by atoms with Crippen LogP contribution in [0.4, 0.5) is 0 Å². The standard InChI is InChI=1S/C17H23N3O4/c1-11(12-3-5-14(24-2)6-4-12)19-16(22)17(23)20-15(21)13-7-9-18-10-8-13/h3-6,11,13,18H,7-10H2,1-2H3,(H,19,22)(H,20,21,23). The molecule has 1 unspecified atom stereocenters. The van der Waals surface area contributed by atoms with Crippen molar-refractivity contribution in [1.29, 1.82) is 0 Å². The predicted molar refractivity (Wildman–Crippen MR) is 88.3 cm³/mol. The number of piperidine rings is 1. The van der Waals surface area contributed by atoms with Gasteiger partial charge in [-0.1, -0.05) is 12.1 Å². The summed E-state index contributed by atoms with van der Waals surface area (Å²) < 4.78 is 5.08. The smallest absolute Gasteiger partial charge is 0.315 e. The van der Waals surface area contributed by atoms with Gasteiger partial charge in [-0.05, 0) is 50.6 Å². The molecule has 7 heteroatoms. The molecule has 0 aliphatic carbocycles. The average Bonchev–Trinajstić information content (AvgIpc) is 2.62. The molecule has 1 saturated heterocycles. The van der Waals surface area contributed by atoms with Crippen LogP contribution < -0.4 is 20.7 Å². The van der Waals surface area contributed by atoms with E-state index in [2.05, 4.69) is 16.0 Å². The summed E-state index contributed by atoms with van der Waals surface area (Å²) in [5.41, 5.74) is 0.835. The molecule has 3 amide bonds. The third-order valence-electron chi connectivity index (χ3n) is 4.12. The summed E-state index contributed by atoms with van der Waals surface area (Å²) in [6, 6.07) is 6.81.